The minimum atomic E-state index is -2.93. The second kappa shape index (κ2) is 6.58. The molecule has 1 aliphatic heterocycles. The lowest BCUT2D eigenvalue weighted by molar-refractivity contribution is -0.126. The van der Waals surface area contributed by atoms with Gasteiger partial charge >= 0.3 is 6.61 Å². The van der Waals surface area contributed by atoms with Crippen LogP contribution in [0.2, 0.25) is 5.02 Å². The zero-order chi connectivity index (χ0) is 15.5. The largest absolute Gasteiger partial charge is 0.433 e. The number of carbonyl (C=O) groups is 1. The topological polar surface area (TPSA) is 50.4 Å². The van der Waals surface area contributed by atoms with Gasteiger partial charge in [0, 0.05) is 11.1 Å². The SMILES string of the molecule is CC1(C(=O)Nc2ccc(OC(F)F)c(Cl)c2)CCNCC1. The Bertz CT molecular complexity index is 520. The first-order chi connectivity index (χ1) is 9.90. The highest BCUT2D eigenvalue weighted by Gasteiger charge is 2.34. The van der Waals surface area contributed by atoms with Gasteiger partial charge in [0.05, 0.1) is 5.02 Å². The highest BCUT2D eigenvalue weighted by Crippen LogP contribution is 2.32. The van der Waals surface area contributed by atoms with Crippen molar-refractivity contribution in [2.45, 2.75) is 26.4 Å². The molecule has 0 atom stereocenters. The summed E-state index contributed by atoms with van der Waals surface area (Å²) in [6.45, 7) is 0.577. The average molecular weight is 319 g/mol. The van der Waals surface area contributed by atoms with Crippen molar-refractivity contribution in [3.8, 4) is 5.75 Å². The Kier molecular flexibility index (Phi) is 5.00. The van der Waals surface area contributed by atoms with Gasteiger partial charge in [-0.2, -0.15) is 8.78 Å². The lowest BCUT2D eigenvalue weighted by atomic mass is 9.80. The maximum absolute atomic E-state index is 12.3. The van der Waals surface area contributed by atoms with Gasteiger partial charge in [-0.3, -0.25) is 4.79 Å². The maximum atomic E-state index is 12.3. The molecule has 1 amide bonds. The van der Waals surface area contributed by atoms with E-state index in [-0.39, 0.29) is 16.7 Å². The van der Waals surface area contributed by atoms with E-state index in [2.05, 4.69) is 15.4 Å². The molecule has 1 aromatic rings. The third-order valence-electron chi connectivity index (χ3n) is 3.66. The van der Waals surface area contributed by atoms with Crippen LogP contribution >= 0.6 is 11.6 Å². The van der Waals surface area contributed by atoms with Crippen LogP contribution in [-0.4, -0.2) is 25.6 Å². The van der Waals surface area contributed by atoms with Crippen LogP contribution in [0.3, 0.4) is 0 Å². The van der Waals surface area contributed by atoms with Crippen molar-refractivity contribution >= 4 is 23.2 Å². The second-order valence-corrected chi connectivity index (χ2v) is 5.70. The normalized spacial score (nSPS) is 17.6. The van der Waals surface area contributed by atoms with Gasteiger partial charge in [0.1, 0.15) is 5.75 Å². The third kappa shape index (κ3) is 4.04. The molecule has 0 radical (unpaired) electrons. The van der Waals surface area contributed by atoms with E-state index < -0.39 is 12.0 Å². The molecule has 1 heterocycles. The summed E-state index contributed by atoms with van der Waals surface area (Å²) >= 11 is 5.86. The molecule has 0 spiro atoms. The van der Waals surface area contributed by atoms with E-state index in [0.717, 1.165) is 25.9 Å². The highest BCUT2D eigenvalue weighted by atomic mass is 35.5. The number of hydrogen-bond donors (Lipinski definition) is 2. The number of alkyl halides is 2. The summed E-state index contributed by atoms with van der Waals surface area (Å²) in [6, 6.07) is 4.21. The van der Waals surface area contributed by atoms with Gasteiger partial charge in [-0.25, -0.2) is 0 Å². The second-order valence-electron chi connectivity index (χ2n) is 5.29. The van der Waals surface area contributed by atoms with Gasteiger partial charge in [0.2, 0.25) is 5.91 Å². The summed E-state index contributed by atoms with van der Waals surface area (Å²) in [5.41, 5.74) is 0.0296. The summed E-state index contributed by atoms with van der Waals surface area (Å²) in [4.78, 5) is 12.3. The van der Waals surface area contributed by atoms with Crippen LogP contribution in [0.15, 0.2) is 18.2 Å². The summed E-state index contributed by atoms with van der Waals surface area (Å²) in [5.74, 6) is -0.208. The molecule has 0 aliphatic carbocycles. The number of piperidine rings is 1. The predicted octanol–water partition coefficient (Wildman–Crippen LogP) is 3.27. The number of rotatable bonds is 4. The number of halogens is 3. The molecule has 21 heavy (non-hydrogen) atoms. The molecular weight excluding hydrogens is 302 g/mol. The lowest BCUT2D eigenvalue weighted by Gasteiger charge is -2.32. The van der Waals surface area contributed by atoms with E-state index in [1.54, 1.807) is 0 Å². The van der Waals surface area contributed by atoms with Crippen molar-refractivity contribution in [1.29, 1.82) is 0 Å². The fraction of sp³-hybridized carbons (Fsp3) is 0.500. The number of carbonyl (C=O) groups excluding carboxylic acids is 1. The minimum absolute atomic E-state index is 0.0311. The molecule has 0 bridgehead atoms. The van der Waals surface area contributed by atoms with E-state index in [1.807, 2.05) is 6.92 Å². The maximum Gasteiger partial charge on any atom is 0.387 e. The van der Waals surface area contributed by atoms with Crippen molar-refractivity contribution in [2.75, 3.05) is 18.4 Å². The Labute approximate surface area is 126 Å². The monoisotopic (exact) mass is 318 g/mol. The molecule has 2 N–H and O–H groups in total. The van der Waals surface area contributed by atoms with Crippen LogP contribution in [0.5, 0.6) is 5.75 Å². The molecule has 0 aromatic heterocycles. The highest BCUT2D eigenvalue weighted by molar-refractivity contribution is 6.32. The van der Waals surface area contributed by atoms with Crippen molar-refractivity contribution in [3.63, 3.8) is 0 Å². The molecule has 1 aliphatic rings. The van der Waals surface area contributed by atoms with Crippen LogP contribution in [0, 0.1) is 5.41 Å². The molecule has 0 saturated carbocycles. The van der Waals surface area contributed by atoms with Crippen LogP contribution in [-0.2, 0) is 4.79 Å². The molecular formula is C14H17ClF2N2O2. The predicted molar refractivity (Wildman–Crippen MR) is 76.9 cm³/mol. The van der Waals surface area contributed by atoms with E-state index in [0.29, 0.717) is 5.69 Å². The standard InChI is InChI=1S/C14H17ClF2N2O2/c1-14(4-6-18-7-5-14)12(20)19-9-2-3-11(10(15)8-9)21-13(16)17/h2-3,8,13,18H,4-7H2,1H3,(H,19,20). The Balaban J connectivity index is 2.05. The Hall–Kier alpha value is -1.40. The van der Waals surface area contributed by atoms with E-state index >= 15 is 0 Å². The van der Waals surface area contributed by atoms with Crippen LogP contribution in [0.25, 0.3) is 0 Å². The summed E-state index contributed by atoms with van der Waals surface area (Å²) in [5, 5.41) is 6.02. The summed E-state index contributed by atoms with van der Waals surface area (Å²) in [7, 11) is 0. The molecule has 2 rings (SSSR count). The first kappa shape index (κ1) is 16.0. The zero-order valence-corrected chi connectivity index (χ0v) is 12.3. The molecule has 1 aromatic carbocycles. The first-order valence-corrected chi connectivity index (χ1v) is 7.05. The van der Waals surface area contributed by atoms with Crippen LogP contribution in [0.1, 0.15) is 19.8 Å². The summed E-state index contributed by atoms with van der Waals surface area (Å²) in [6.07, 6.45) is 1.50. The molecule has 1 saturated heterocycles. The molecule has 1 fully saturated rings. The van der Waals surface area contributed by atoms with Crippen molar-refractivity contribution in [3.05, 3.63) is 23.2 Å². The van der Waals surface area contributed by atoms with Crippen molar-refractivity contribution < 1.29 is 18.3 Å². The molecule has 116 valence electrons. The number of ether oxygens (including phenoxy) is 1. The van der Waals surface area contributed by atoms with Gasteiger partial charge in [0.25, 0.3) is 0 Å². The smallest absolute Gasteiger partial charge is 0.387 e. The first-order valence-electron chi connectivity index (χ1n) is 6.67. The zero-order valence-electron chi connectivity index (χ0n) is 11.6. The number of nitrogens with one attached hydrogen (secondary N) is 2. The van der Waals surface area contributed by atoms with E-state index in [9.17, 15) is 13.6 Å². The van der Waals surface area contributed by atoms with Crippen molar-refractivity contribution in [2.24, 2.45) is 5.41 Å². The van der Waals surface area contributed by atoms with E-state index in [4.69, 9.17) is 11.6 Å². The lowest BCUT2D eigenvalue weighted by Crippen LogP contribution is -2.42. The molecule has 7 heteroatoms. The molecule has 0 unspecified atom stereocenters. The molecule has 4 nitrogen and oxygen atoms in total. The Morgan fingerprint density at radius 1 is 1.43 bits per heavy atom. The number of benzene rings is 1. The Morgan fingerprint density at radius 2 is 2.10 bits per heavy atom. The van der Waals surface area contributed by atoms with Crippen LogP contribution < -0.4 is 15.4 Å². The van der Waals surface area contributed by atoms with E-state index in [1.165, 1.54) is 18.2 Å². The number of hydrogen-bond acceptors (Lipinski definition) is 3. The number of amides is 1. The van der Waals surface area contributed by atoms with Gasteiger partial charge in [0.15, 0.2) is 0 Å². The van der Waals surface area contributed by atoms with Gasteiger partial charge < -0.3 is 15.4 Å². The van der Waals surface area contributed by atoms with Gasteiger partial charge in [-0.15, -0.1) is 0 Å². The number of anilines is 1. The fourth-order valence-corrected chi connectivity index (χ4v) is 2.48. The Morgan fingerprint density at radius 3 is 2.67 bits per heavy atom. The van der Waals surface area contributed by atoms with Crippen molar-refractivity contribution in [1.82, 2.24) is 5.32 Å². The van der Waals surface area contributed by atoms with Gasteiger partial charge in [-0.1, -0.05) is 18.5 Å². The minimum Gasteiger partial charge on any atom is -0.433 e. The van der Waals surface area contributed by atoms with Crippen LogP contribution in [0.4, 0.5) is 14.5 Å². The third-order valence-corrected chi connectivity index (χ3v) is 3.96. The quantitative estimate of drug-likeness (QED) is 0.896. The fourth-order valence-electron chi connectivity index (χ4n) is 2.26. The average Bonchev–Trinajstić information content (AvgIpc) is 2.42. The van der Waals surface area contributed by atoms with Gasteiger partial charge in [-0.05, 0) is 44.1 Å². The summed E-state index contributed by atoms with van der Waals surface area (Å²) < 4.78 is 28.6.